The first kappa shape index (κ1) is 21.6. The highest BCUT2D eigenvalue weighted by Crippen LogP contribution is 2.23. The van der Waals surface area contributed by atoms with Gasteiger partial charge in [0.1, 0.15) is 11.8 Å². The van der Waals surface area contributed by atoms with Crippen LogP contribution >= 0.6 is 0 Å². The second kappa shape index (κ2) is 10.1. The Kier molecular flexibility index (Phi) is 7.02. The minimum atomic E-state index is -0.930. The molecular weight excluding hydrogens is 390 g/mol. The molecule has 0 saturated heterocycles. The fraction of sp³-hybridized carbons (Fsp3) is 0.160. The van der Waals surface area contributed by atoms with Crippen molar-refractivity contribution in [3.63, 3.8) is 0 Å². The molecule has 2 N–H and O–H groups in total. The van der Waals surface area contributed by atoms with Gasteiger partial charge in [0.25, 0.3) is 11.8 Å². The van der Waals surface area contributed by atoms with Gasteiger partial charge in [-0.1, -0.05) is 60.7 Å². The summed E-state index contributed by atoms with van der Waals surface area (Å²) in [6, 6.07) is 22.2. The minimum absolute atomic E-state index is 0.111. The van der Waals surface area contributed by atoms with E-state index in [-0.39, 0.29) is 18.7 Å². The largest absolute Gasteiger partial charge is 0.508 e. The molecule has 0 heterocycles. The minimum Gasteiger partial charge on any atom is -0.508 e. The van der Waals surface area contributed by atoms with E-state index in [0.717, 1.165) is 21.6 Å². The van der Waals surface area contributed by atoms with Crippen molar-refractivity contribution in [2.24, 2.45) is 0 Å². The second-order valence-electron chi connectivity index (χ2n) is 6.99. The highest BCUT2D eigenvalue weighted by molar-refractivity contribution is 6.03. The van der Waals surface area contributed by atoms with Gasteiger partial charge in [0.15, 0.2) is 6.19 Å². The molecule has 0 aliphatic carbocycles. The number of phenols is 1. The Hall–Kier alpha value is -4.11. The quantitative estimate of drug-likeness (QED) is 0.456. The van der Waals surface area contributed by atoms with Crippen molar-refractivity contribution in [3.8, 4) is 23.1 Å². The number of hydrogen-bond acceptors (Lipinski definition) is 4. The maximum atomic E-state index is 13.2. The lowest BCUT2D eigenvalue weighted by atomic mass is 9.98. The standard InChI is InChI=1S/C25H23N3O3/c1-2-28(17-26)25(31)23(16-18-12-14-20(29)15-13-18)27-24(30)22-11-7-6-10-21(22)19-8-4-3-5-9-19/h3-15,23,29H,2,16H2,1H3,(H,27,30). The summed E-state index contributed by atoms with van der Waals surface area (Å²) >= 11 is 0. The number of aromatic hydroxyl groups is 1. The fourth-order valence-corrected chi connectivity index (χ4v) is 3.32. The van der Waals surface area contributed by atoms with Crippen molar-refractivity contribution in [1.82, 2.24) is 10.2 Å². The number of amides is 2. The first-order valence-corrected chi connectivity index (χ1v) is 9.97. The number of rotatable bonds is 7. The molecule has 0 aliphatic heterocycles. The summed E-state index contributed by atoms with van der Waals surface area (Å²) in [7, 11) is 0. The van der Waals surface area contributed by atoms with E-state index in [0.29, 0.717) is 5.56 Å². The summed E-state index contributed by atoms with van der Waals surface area (Å²) in [5.74, 6) is -0.770. The zero-order chi connectivity index (χ0) is 22.2. The zero-order valence-electron chi connectivity index (χ0n) is 17.2. The van der Waals surface area contributed by atoms with E-state index >= 15 is 0 Å². The number of benzene rings is 3. The van der Waals surface area contributed by atoms with E-state index in [1.807, 2.05) is 48.7 Å². The van der Waals surface area contributed by atoms with Gasteiger partial charge in [0.05, 0.1) is 0 Å². The van der Waals surface area contributed by atoms with Crippen LogP contribution in [0.5, 0.6) is 5.75 Å². The number of carbonyl (C=O) groups excluding carboxylic acids is 2. The molecule has 3 rings (SSSR count). The molecule has 0 bridgehead atoms. The van der Waals surface area contributed by atoms with Gasteiger partial charge in [-0.15, -0.1) is 0 Å². The SMILES string of the molecule is CCN(C#N)C(=O)C(Cc1ccc(O)cc1)NC(=O)c1ccccc1-c1ccccc1. The normalized spacial score (nSPS) is 11.2. The molecule has 0 aromatic heterocycles. The lowest BCUT2D eigenvalue weighted by Crippen LogP contribution is -2.48. The van der Waals surface area contributed by atoms with Crippen LogP contribution < -0.4 is 5.32 Å². The average Bonchev–Trinajstić information content (AvgIpc) is 2.81. The third-order valence-electron chi connectivity index (χ3n) is 4.94. The fourth-order valence-electron chi connectivity index (χ4n) is 3.32. The molecule has 6 nitrogen and oxygen atoms in total. The van der Waals surface area contributed by atoms with Gasteiger partial charge in [0, 0.05) is 18.5 Å². The van der Waals surface area contributed by atoms with Crippen molar-refractivity contribution in [3.05, 3.63) is 90.0 Å². The summed E-state index contributed by atoms with van der Waals surface area (Å²) < 4.78 is 0. The van der Waals surface area contributed by atoms with Crippen molar-refractivity contribution in [2.75, 3.05) is 6.54 Å². The number of carbonyl (C=O) groups is 2. The maximum absolute atomic E-state index is 13.2. The van der Waals surface area contributed by atoms with Gasteiger partial charge in [-0.2, -0.15) is 5.26 Å². The van der Waals surface area contributed by atoms with Crippen LogP contribution in [0.2, 0.25) is 0 Å². The molecular formula is C25H23N3O3. The molecule has 0 fully saturated rings. The average molecular weight is 413 g/mol. The topological polar surface area (TPSA) is 93.4 Å². The predicted octanol–water partition coefficient (Wildman–Crippen LogP) is 3.73. The van der Waals surface area contributed by atoms with E-state index in [4.69, 9.17) is 0 Å². The van der Waals surface area contributed by atoms with E-state index in [2.05, 4.69) is 5.32 Å². The first-order chi connectivity index (χ1) is 15.0. The van der Waals surface area contributed by atoms with Crippen LogP contribution in [0.3, 0.4) is 0 Å². The number of likely N-dealkylation sites (N-methyl/N-ethyl adjacent to an activating group) is 1. The van der Waals surface area contributed by atoms with Gasteiger partial charge < -0.3 is 10.4 Å². The van der Waals surface area contributed by atoms with Crippen LogP contribution in [0, 0.1) is 11.5 Å². The van der Waals surface area contributed by atoms with Crippen LogP contribution in [-0.2, 0) is 11.2 Å². The molecule has 6 heteroatoms. The Morgan fingerprint density at radius 1 is 1.00 bits per heavy atom. The van der Waals surface area contributed by atoms with Crippen molar-refractivity contribution in [1.29, 1.82) is 5.26 Å². The predicted molar refractivity (Wildman–Crippen MR) is 118 cm³/mol. The highest BCUT2D eigenvalue weighted by Gasteiger charge is 2.27. The maximum Gasteiger partial charge on any atom is 0.258 e. The summed E-state index contributed by atoms with van der Waals surface area (Å²) in [6.45, 7) is 1.91. The Bertz CT molecular complexity index is 1090. The number of hydrogen-bond donors (Lipinski definition) is 2. The van der Waals surface area contributed by atoms with Gasteiger partial charge in [-0.3, -0.25) is 9.59 Å². The van der Waals surface area contributed by atoms with Crippen LogP contribution in [0.1, 0.15) is 22.8 Å². The molecule has 0 saturated carbocycles. The molecule has 0 radical (unpaired) electrons. The summed E-state index contributed by atoms with van der Waals surface area (Å²) in [6.07, 6.45) is 2.06. The van der Waals surface area contributed by atoms with Crippen molar-refractivity contribution < 1.29 is 14.7 Å². The highest BCUT2D eigenvalue weighted by atomic mass is 16.3. The number of nitrogens with one attached hydrogen (secondary N) is 1. The van der Waals surface area contributed by atoms with Gasteiger partial charge >= 0.3 is 0 Å². The Balaban J connectivity index is 1.91. The molecule has 1 atom stereocenters. The molecule has 1 unspecified atom stereocenters. The van der Waals surface area contributed by atoms with Crippen LogP contribution in [0.4, 0.5) is 0 Å². The molecule has 3 aromatic rings. The molecule has 0 aliphatic rings. The monoisotopic (exact) mass is 413 g/mol. The zero-order valence-corrected chi connectivity index (χ0v) is 17.2. The molecule has 31 heavy (non-hydrogen) atoms. The Morgan fingerprint density at radius 2 is 1.65 bits per heavy atom. The van der Waals surface area contributed by atoms with Gasteiger partial charge in [-0.05, 0) is 41.8 Å². The summed E-state index contributed by atoms with van der Waals surface area (Å²) in [4.78, 5) is 27.2. The number of phenolic OH excluding ortho intramolecular Hbond substituents is 1. The molecule has 156 valence electrons. The van der Waals surface area contributed by atoms with Crippen molar-refractivity contribution in [2.45, 2.75) is 19.4 Å². The summed E-state index contributed by atoms with van der Waals surface area (Å²) in [5.41, 5.74) is 2.84. The molecule has 0 spiro atoms. The number of nitrogens with zero attached hydrogens (tertiary/aromatic N) is 2. The Labute approximate surface area is 181 Å². The molecule has 2 amide bonds. The third kappa shape index (κ3) is 5.28. The number of nitriles is 1. The van der Waals surface area contributed by atoms with Crippen LogP contribution in [-0.4, -0.2) is 34.4 Å². The lowest BCUT2D eigenvalue weighted by molar-refractivity contribution is -0.130. The van der Waals surface area contributed by atoms with E-state index in [9.17, 15) is 20.0 Å². The lowest BCUT2D eigenvalue weighted by Gasteiger charge is -2.22. The van der Waals surface area contributed by atoms with Crippen molar-refractivity contribution >= 4 is 11.8 Å². The smallest absolute Gasteiger partial charge is 0.258 e. The van der Waals surface area contributed by atoms with E-state index < -0.39 is 17.9 Å². The first-order valence-electron chi connectivity index (χ1n) is 9.97. The van der Waals surface area contributed by atoms with E-state index in [1.165, 1.54) is 12.1 Å². The van der Waals surface area contributed by atoms with Gasteiger partial charge in [-0.25, -0.2) is 4.90 Å². The van der Waals surface area contributed by atoms with Crippen LogP contribution in [0.25, 0.3) is 11.1 Å². The summed E-state index contributed by atoms with van der Waals surface area (Å²) in [5, 5.41) is 21.6. The van der Waals surface area contributed by atoms with E-state index in [1.54, 1.807) is 31.2 Å². The molecule has 3 aromatic carbocycles. The van der Waals surface area contributed by atoms with Crippen LogP contribution in [0.15, 0.2) is 78.9 Å². The Morgan fingerprint density at radius 3 is 2.29 bits per heavy atom. The second-order valence-corrected chi connectivity index (χ2v) is 6.99. The van der Waals surface area contributed by atoms with Gasteiger partial charge in [0.2, 0.25) is 0 Å². The third-order valence-corrected chi connectivity index (χ3v) is 4.94.